The summed E-state index contributed by atoms with van der Waals surface area (Å²) in [6.45, 7) is 0.566. The molecule has 0 spiro atoms. The topological polar surface area (TPSA) is 258 Å². The average molecular weight is 625 g/mol. The first-order valence-corrected chi connectivity index (χ1v) is 13.4. The van der Waals surface area contributed by atoms with Gasteiger partial charge in [0.05, 0.1) is 19.8 Å². The Morgan fingerprint density at radius 2 is 1.57 bits per heavy atom. The normalized spacial score (nSPS) is 32.5. The van der Waals surface area contributed by atoms with Gasteiger partial charge in [-0.05, 0) is 25.1 Å². The molecule has 16 heteroatoms. The lowest BCUT2D eigenvalue weighted by molar-refractivity contribution is -0.354. The van der Waals surface area contributed by atoms with E-state index in [1.54, 1.807) is 0 Å². The third kappa shape index (κ3) is 5.63. The number of rotatable bonds is 7. The summed E-state index contributed by atoms with van der Waals surface area (Å²) in [7, 11) is 1.32. The Labute approximate surface area is 248 Å². The van der Waals surface area contributed by atoms with Gasteiger partial charge < -0.3 is 74.1 Å². The van der Waals surface area contributed by atoms with Crippen molar-refractivity contribution in [2.75, 3.05) is 13.7 Å². The Balaban J connectivity index is 1.62. The second-order valence-corrected chi connectivity index (χ2v) is 10.4. The molecule has 0 bridgehead atoms. The van der Waals surface area contributed by atoms with E-state index in [2.05, 4.69) is 0 Å². The highest BCUT2D eigenvalue weighted by atomic mass is 16.8. The number of methoxy groups -OCH3 is 1. The molecule has 3 aromatic rings. The van der Waals surface area contributed by atoms with Gasteiger partial charge in [-0.2, -0.15) is 0 Å². The second-order valence-electron chi connectivity index (χ2n) is 10.4. The molecule has 0 saturated carbocycles. The third-order valence-electron chi connectivity index (χ3n) is 7.52. The van der Waals surface area contributed by atoms with E-state index in [-0.39, 0.29) is 28.4 Å². The maximum atomic E-state index is 13.8. The van der Waals surface area contributed by atoms with Gasteiger partial charge in [0, 0.05) is 17.7 Å². The zero-order valence-electron chi connectivity index (χ0n) is 23.3. The van der Waals surface area contributed by atoms with Crippen LogP contribution in [0.5, 0.6) is 28.7 Å². The molecule has 1 aromatic heterocycles. The molecule has 10 atom stereocenters. The largest absolute Gasteiger partial charge is 0.508 e. The number of phenols is 3. The molecule has 5 rings (SSSR count). The summed E-state index contributed by atoms with van der Waals surface area (Å²) in [5, 5.41) is 92.5. The number of fused-ring (bicyclic) bond motifs is 1. The van der Waals surface area contributed by atoms with Crippen molar-refractivity contribution in [1.29, 1.82) is 0 Å². The first-order valence-electron chi connectivity index (χ1n) is 13.4. The van der Waals surface area contributed by atoms with Crippen LogP contribution in [0.1, 0.15) is 6.92 Å². The highest BCUT2D eigenvalue weighted by Gasteiger charge is 2.51. The van der Waals surface area contributed by atoms with Crippen molar-refractivity contribution in [2.24, 2.45) is 0 Å². The van der Waals surface area contributed by atoms with Crippen molar-refractivity contribution in [2.45, 2.75) is 68.3 Å². The molecule has 16 nitrogen and oxygen atoms in total. The number of phenolic OH excluding ortho intramolecular Hbond substituents is 3. The van der Waals surface area contributed by atoms with Crippen molar-refractivity contribution in [3.63, 3.8) is 0 Å². The van der Waals surface area contributed by atoms with E-state index in [9.17, 15) is 50.8 Å². The SMILES string of the molecule is COc1ccc(-c2oc3cc(O)cc(O)c3c(=O)c2O[C@@H]2O[C@@H](CO)[C@H](O)[C@H](O)[C@H]2O[C@@H]2O[C@H](C)[C@H](O)[C@H](O)[C@@H]2O)cc1O. The van der Waals surface area contributed by atoms with Gasteiger partial charge in [0.2, 0.25) is 17.5 Å². The van der Waals surface area contributed by atoms with E-state index in [0.29, 0.717) is 0 Å². The molecule has 0 unspecified atom stereocenters. The summed E-state index contributed by atoms with van der Waals surface area (Å²) < 4.78 is 33.6. The Bertz CT molecular complexity index is 1560. The fourth-order valence-electron chi connectivity index (χ4n) is 5.09. The van der Waals surface area contributed by atoms with Crippen LogP contribution in [0, 0.1) is 0 Å². The highest BCUT2D eigenvalue weighted by molar-refractivity contribution is 5.88. The molecular weight excluding hydrogens is 592 g/mol. The standard InChI is InChI=1S/C28H32O16/c1-9-18(33)21(36)23(38)27(40-9)44-26-22(37)19(34)16(8-29)42-28(26)43-25-20(35)17-13(32)6-11(30)7-15(17)41-24(25)10-3-4-14(39-2)12(31)5-10/h3-7,9,16,18-19,21-23,26-34,36-38H,8H2,1-2H3/t9-,16+,18+,19+,21+,22+,23+,26-,27+,28+/m1/s1. The summed E-state index contributed by atoms with van der Waals surface area (Å²) in [6, 6.07) is 5.86. The van der Waals surface area contributed by atoms with Gasteiger partial charge in [0.15, 0.2) is 29.7 Å². The molecule has 2 aliphatic rings. The molecule has 240 valence electrons. The molecular formula is C28H32O16. The minimum absolute atomic E-state index is 0.0460. The highest BCUT2D eigenvalue weighted by Crippen LogP contribution is 2.40. The molecule has 3 heterocycles. The quantitative estimate of drug-likeness (QED) is 0.147. The van der Waals surface area contributed by atoms with Gasteiger partial charge in [-0.25, -0.2) is 0 Å². The number of hydrogen-bond acceptors (Lipinski definition) is 16. The Hall–Kier alpha value is -3.71. The van der Waals surface area contributed by atoms with E-state index >= 15 is 0 Å². The van der Waals surface area contributed by atoms with Crippen LogP contribution in [0.15, 0.2) is 39.5 Å². The summed E-state index contributed by atoms with van der Waals surface area (Å²) in [4.78, 5) is 13.8. The lowest BCUT2D eigenvalue weighted by Gasteiger charge is -2.45. The van der Waals surface area contributed by atoms with Crippen LogP contribution < -0.4 is 14.9 Å². The molecule has 2 aromatic carbocycles. The van der Waals surface area contributed by atoms with E-state index < -0.39 is 96.1 Å². The average Bonchev–Trinajstić information content (AvgIpc) is 2.98. The van der Waals surface area contributed by atoms with E-state index in [0.717, 1.165) is 12.1 Å². The number of aromatic hydroxyl groups is 3. The van der Waals surface area contributed by atoms with E-state index in [1.807, 2.05) is 0 Å². The lowest BCUT2D eigenvalue weighted by atomic mass is 9.97. The summed E-state index contributed by atoms with van der Waals surface area (Å²) >= 11 is 0. The fourth-order valence-corrected chi connectivity index (χ4v) is 5.09. The zero-order valence-corrected chi connectivity index (χ0v) is 23.3. The second kappa shape index (κ2) is 12.4. The summed E-state index contributed by atoms with van der Waals surface area (Å²) in [5.41, 5.74) is -1.23. The summed E-state index contributed by atoms with van der Waals surface area (Å²) in [5.74, 6) is -2.40. The van der Waals surface area contributed by atoms with E-state index in [1.165, 1.54) is 32.2 Å². The Kier molecular flexibility index (Phi) is 8.90. The maximum Gasteiger partial charge on any atom is 0.239 e. The first kappa shape index (κ1) is 31.7. The monoisotopic (exact) mass is 624 g/mol. The van der Waals surface area contributed by atoms with Crippen molar-refractivity contribution in [1.82, 2.24) is 0 Å². The molecule has 9 N–H and O–H groups in total. The number of ether oxygens (including phenoxy) is 5. The maximum absolute atomic E-state index is 13.8. The first-order chi connectivity index (χ1) is 20.9. The van der Waals surface area contributed by atoms with Gasteiger partial charge in [0.25, 0.3) is 0 Å². The lowest BCUT2D eigenvalue weighted by Crippen LogP contribution is -2.64. The predicted molar refractivity (Wildman–Crippen MR) is 145 cm³/mol. The van der Waals surface area contributed by atoms with Gasteiger partial charge in [-0.15, -0.1) is 0 Å². The van der Waals surface area contributed by atoms with Crippen molar-refractivity contribution >= 4 is 11.0 Å². The minimum atomic E-state index is -1.90. The van der Waals surface area contributed by atoms with Crippen LogP contribution in [0.2, 0.25) is 0 Å². The van der Waals surface area contributed by atoms with Crippen LogP contribution in [0.25, 0.3) is 22.3 Å². The van der Waals surface area contributed by atoms with Crippen LogP contribution >= 0.6 is 0 Å². The van der Waals surface area contributed by atoms with E-state index in [4.69, 9.17) is 28.1 Å². The number of hydrogen-bond donors (Lipinski definition) is 9. The van der Waals surface area contributed by atoms with Gasteiger partial charge in [-0.3, -0.25) is 4.79 Å². The minimum Gasteiger partial charge on any atom is -0.508 e. The fraction of sp³-hybridized carbons (Fsp3) is 0.464. The van der Waals surface area contributed by atoms with Crippen LogP contribution in [-0.4, -0.2) is 121 Å². The van der Waals surface area contributed by atoms with Crippen molar-refractivity contribution in [3.05, 3.63) is 40.6 Å². The predicted octanol–water partition coefficient (Wildman–Crippen LogP) is -1.38. The van der Waals surface area contributed by atoms with Gasteiger partial charge >= 0.3 is 0 Å². The van der Waals surface area contributed by atoms with Crippen molar-refractivity contribution in [3.8, 4) is 40.1 Å². The molecule has 0 aliphatic carbocycles. The van der Waals surface area contributed by atoms with Gasteiger partial charge in [0.1, 0.15) is 59.1 Å². The van der Waals surface area contributed by atoms with Gasteiger partial charge in [-0.1, -0.05) is 0 Å². The molecule has 2 aliphatic heterocycles. The molecule has 0 amide bonds. The Morgan fingerprint density at radius 1 is 0.841 bits per heavy atom. The third-order valence-corrected chi connectivity index (χ3v) is 7.52. The number of benzene rings is 2. The summed E-state index contributed by atoms with van der Waals surface area (Å²) in [6.07, 6.45) is -16.5. The molecule has 2 saturated heterocycles. The number of aliphatic hydroxyl groups excluding tert-OH is 6. The van der Waals surface area contributed by atoms with Crippen molar-refractivity contribution < 1.29 is 74.1 Å². The van der Waals surface area contributed by atoms with Crippen LogP contribution in [0.4, 0.5) is 0 Å². The smallest absolute Gasteiger partial charge is 0.239 e. The van der Waals surface area contributed by atoms with Crippen LogP contribution in [-0.2, 0) is 14.2 Å². The zero-order chi connectivity index (χ0) is 32.0. The molecule has 44 heavy (non-hydrogen) atoms. The molecule has 2 fully saturated rings. The Morgan fingerprint density at radius 3 is 2.23 bits per heavy atom. The molecule has 0 radical (unpaired) electrons. The van der Waals surface area contributed by atoms with Crippen LogP contribution in [0.3, 0.4) is 0 Å². The number of aliphatic hydroxyl groups is 6.